The van der Waals surface area contributed by atoms with Crippen LogP contribution in [0.3, 0.4) is 0 Å². The number of hydrogen-bond donors (Lipinski definition) is 0. The molecule has 0 bridgehead atoms. The second-order valence-electron chi connectivity index (χ2n) is 3.56. The van der Waals surface area contributed by atoms with E-state index >= 15 is 0 Å². The fraction of sp³-hybridized carbons (Fsp3) is 1.00. The predicted molar refractivity (Wildman–Crippen MR) is 63.1 cm³/mol. The van der Waals surface area contributed by atoms with Gasteiger partial charge in [0.2, 0.25) is 0 Å². The molecule has 0 saturated carbocycles. The zero-order valence-corrected chi connectivity index (χ0v) is 11.0. The lowest BCUT2D eigenvalue weighted by Crippen LogP contribution is -2.38. The van der Waals surface area contributed by atoms with Gasteiger partial charge in [-0.1, -0.05) is 26.7 Å². The molecule has 0 saturated heterocycles. The smallest absolute Gasteiger partial charge is 0.193 e. The maximum Gasteiger partial charge on any atom is 0.193 e. The van der Waals surface area contributed by atoms with Crippen LogP contribution in [0.1, 0.15) is 33.6 Å². The second-order valence-corrected chi connectivity index (χ2v) is 8.09. The summed E-state index contributed by atoms with van der Waals surface area (Å²) in [5.41, 5.74) is 0. The lowest BCUT2D eigenvalue weighted by Gasteiger charge is -2.30. The fourth-order valence-electron chi connectivity index (χ4n) is 1.98. The highest BCUT2D eigenvalue weighted by molar-refractivity contribution is 6.74. The fourth-order valence-corrected chi connectivity index (χ4v) is 6.98. The van der Waals surface area contributed by atoms with E-state index < -0.39 is 8.32 Å². The summed E-state index contributed by atoms with van der Waals surface area (Å²) in [4.78, 5) is 0. The molecule has 0 unspecified atom stereocenters. The largest absolute Gasteiger partial charge is 0.417 e. The monoisotopic (exact) mass is 222 g/mol. The van der Waals surface area contributed by atoms with Crippen LogP contribution in [0.5, 0.6) is 0 Å². The van der Waals surface area contributed by atoms with Crippen molar-refractivity contribution in [1.29, 1.82) is 0 Å². The molecule has 0 aliphatic carbocycles. The van der Waals surface area contributed by atoms with Gasteiger partial charge >= 0.3 is 0 Å². The third-order valence-corrected chi connectivity index (χ3v) is 7.80. The molecular formula is C10H23ClOSi. The molecule has 13 heavy (non-hydrogen) atoms. The van der Waals surface area contributed by atoms with Crippen molar-refractivity contribution in [2.24, 2.45) is 0 Å². The highest BCUT2D eigenvalue weighted by Gasteiger charge is 2.31. The molecule has 3 heteroatoms. The predicted octanol–water partition coefficient (Wildman–Crippen LogP) is 4.03. The van der Waals surface area contributed by atoms with Gasteiger partial charge in [0.15, 0.2) is 8.32 Å². The SMILES string of the molecule is CCC[Si](CCC)(CCCl)OCC. The molecular weight excluding hydrogens is 200 g/mol. The number of hydrogen-bond acceptors (Lipinski definition) is 1. The van der Waals surface area contributed by atoms with E-state index in [0.717, 1.165) is 18.5 Å². The Morgan fingerprint density at radius 2 is 1.54 bits per heavy atom. The van der Waals surface area contributed by atoms with Crippen molar-refractivity contribution in [1.82, 2.24) is 0 Å². The van der Waals surface area contributed by atoms with E-state index in [1.807, 2.05) is 0 Å². The molecule has 80 valence electrons. The molecule has 0 aromatic heterocycles. The van der Waals surface area contributed by atoms with Crippen LogP contribution in [-0.4, -0.2) is 20.8 Å². The van der Waals surface area contributed by atoms with E-state index in [4.69, 9.17) is 16.0 Å². The van der Waals surface area contributed by atoms with Crippen LogP contribution in [0, 0.1) is 0 Å². The minimum atomic E-state index is -1.43. The molecule has 0 aliphatic heterocycles. The van der Waals surface area contributed by atoms with Gasteiger partial charge in [0.05, 0.1) is 0 Å². The average Bonchev–Trinajstić information content (AvgIpc) is 2.06. The molecule has 0 rings (SSSR count). The Kier molecular flexibility index (Phi) is 8.11. The van der Waals surface area contributed by atoms with E-state index in [9.17, 15) is 0 Å². The van der Waals surface area contributed by atoms with Crippen LogP contribution in [0.15, 0.2) is 0 Å². The highest BCUT2D eigenvalue weighted by Crippen LogP contribution is 2.26. The van der Waals surface area contributed by atoms with Crippen molar-refractivity contribution in [3.63, 3.8) is 0 Å². The van der Waals surface area contributed by atoms with Crippen molar-refractivity contribution < 1.29 is 4.43 Å². The van der Waals surface area contributed by atoms with E-state index in [2.05, 4.69) is 20.8 Å². The van der Waals surface area contributed by atoms with Crippen LogP contribution in [0.4, 0.5) is 0 Å². The zero-order valence-electron chi connectivity index (χ0n) is 9.24. The molecule has 0 heterocycles. The van der Waals surface area contributed by atoms with E-state index in [1.54, 1.807) is 0 Å². The molecule has 1 nitrogen and oxygen atoms in total. The van der Waals surface area contributed by atoms with E-state index in [1.165, 1.54) is 24.9 Å². The summed E-state index contributed by atoms with van der Waals surface area (Å²) in [5.74, 6) is 0.770. The standard InChI is InChI=1S/C10H23ClOSi/c1-4-8-13(9-5-2,10-7-11)12-6-3/h4-10H2,1-3H3. The quantitative estimate of drug-likeness (QED) is 0.445. The van der Waals surface area contributed by atoms with Gasteiger partial charge < -0.3 is 4.43 Å². The topological polar surface area (TPSA) is 9.23 Å². The first-order chi connectivity index (χ1) is 6.24. The van der Waals surface area contributed by atoms with Crippen LogP contribution >= 0.6 is 11.6 Å². The zero-order chi connectivity index (χ0) is 10.2. The van der Waals surface area contributed by atoms with Crippen LogP contribution in [0.2, 0.25) is 18.1 Å². The van der Waals surface area contributed by atoms with Crippen LogP contribution < -0.4 is 0 Å². The van der Waals surface area contributed by atoms with Crippen molar-refractivity contribution in [2.75, 3.05) is 12.5 Å². The Hall–Kier alpha value is 0.467. The molecule has 0 aromatic carbocycles. The minimum Gasteiger partial charge on any atom is -0.417 e. The van der Waals surface area contributed by atoms with Gasteiger partial charge in [0.1, 0.15) is 0 Å². The van der Waals surface area contributed by atoms with Crippen LogP contribution in [0.25, 0.3) is 0 Å². The lowest BCUT2D eigenvalue weighted by molar-refractivity contribution is 0.318. The third kappa shape index (κ3) is 5.04. The Bertz CT molecular complexity index is 90.0. The normalized spacial score (nSPS) is 12.0. The van der Waals surface area contributed by atoms with E-state index in [0.29, 0.717) is 0 Å². The highest BCUT2D eigenvalue weighted by atomic mass is 35.5. The van der Waals surface area contributed by atoms with Gasteiger partial charge in [-0.25, -0.2) is 0 Å². The molecule has 0 amide bonds. The third-order valence-electron chi connectivity index (χ3n) is 2.41. The molecule has 0 aliphatic rings. The maximum absolute atomic E-state index is 6.01. The van der Waals surface area contributed by atoms with Gasteiger partial charge in [0, 0.05) is 12.5 Å². The Morgan fingerprint density at radius 1 is 1.00 bits per heavy atom. The molecule has 0 fully saturated rings. The molecule has 0 N–H and O–H groups in total. The van der Waals surface area contributed by atoms with E-state index in [-0.39, 0.29) is 0 Å². The molecule has 0 spiro atoms. The Balaban J connectivity index is 4.19. The van der Waals surface area contributed by atoms with Crippen molar-refractivity contribution in [3.05, 3.63) is 0 Å². The summed E-state index contributed by atoms with van der Waals surface area (Å²) in [5, 5.41) is 0. The van der Waals surface area contributed by atoms with Crippen molar-refractivity contribution in [3.8, 4) is 0 Å². The van der Waals surface area contributed by atoms with Gasteiger partial charge in [-0.2, -0.15) is 0 Å². The molecule has 0 atom stereocenters. The summed E-state index contributed by atoms with van der Waals surface area (Å²) >= 11 is 5.85. The maximum atomic E-state index is 6.01. The molecule has 0 aromatic rings. The summed E-state index contributed by atoms with van der Waals surface area (Å²) in [6.07, 6.45) is 2.48. The van der Waals surface area contributed by atoms with Crippen molar-refractivity contribution in [2.45, 2.75) is 51.7 Å². The lowest BCUT2D eigenvalue weighted by atomic mass is 10.6. The molecule has 0 radical (unpaired) electrons. The average molecular weight is 223 g/mol. The Morgan fingerprint density at radius 3 is 1.85 bits per heavy atom. The Labute approximate surface area is 88.9 Å². The summed E-state index contributed by atoms with van der Waals surface area (Å²) < 4.78 is 6.01. The number of rotatable bonds is 8. The van der Waals surface area contributed by atoms with Gasteiger partial charge in [0.25, 0.3) is 0 Å². The van der Waals surface area contributed by atoms with Gasteiger partial charge in [-0.15, -0.1) is 11.6 Å². The second kappa shape index (κ2) is 7.83. The van der Waals surface area contributed by atoms with Crippen molar-refractivity contribution >= 4 is 19.9 Å². The first-order valence-corrected chi connectivity index (χ1v) is 8.51. The summed E-state index contributed by atoms with van der Waals surface area (Å²) in [7, 11) is -1.43. The van der Waals surface area contributed by atoms with Gasteiger partial charge in [-0.3, -0.25) is 0 Å². The summed E-state index contributed by atoms with van der Waals surface area (Å²) in [6.45, 7) is 7.44. The number of alkyl halides is 1. The first kappa shape index (κ1) is 13.5. The summed E-state index contributed by atoms with van der Waals surface area (Å²) in [6, 6.07) is 3.69. The first-order valence-electron chi connectivity index (χ1n) is 5.44. The minimum absolute atomic E-state index is 0.770. The van der Waals surface area contributed by atoms with Crippen LogP contribution in [-0.2, 0) is 4.43 Å². The number of halogens is 1. The van der Waals surface area contributed by atoms with Gasteiger partial charge in [-0.05, 0) is 25.1 Å².